The summed E-state index contributed by atoms with van der Waals surface area (Å²) >= 11 is 0. The van der Waals surface area contributed by atoms with E-state index in [4.69, 9.17) is 4.84 Å². The molecule has 1 aliphatic rings. The monoisotopic (exact) mass is 370 g/mol. The number of aromatic nitrogens is 2. The van der Waals surface area contributed by atoms with Crippen LogP contribution >= 0.6 is 0 Å². The van der Waals surface area contributed by atoms with Crippen LogP contribution in [0.2, 0.25) is 0 Å². The van der Waals surface area contributed by atoms with Crippen molar-refractivity contribution in [2.75, 3.05) is 36.4 Å². The molecule has 0 spiro atoms. The molecular weight excluding hydrogens is 348 g/mol. The van der Waals surface area contributed by atoms with E-state index in [9.17, 15) is 9.59 Å². The lowest BCUT2D eigenvalue weighted by atomic mass is 10.3. The van der Waals surface area contributed by atoms with Gasteiger partial charge in [-0.25, -0.2) is 14.8 Å². The topological polar surface area (TPSA) is 99.7 Å². The van der Waals surface area contributed by atoms with Crippen LogP contribution in [-0.2, 0) is 16.2 Å². The third-order valence-electron chi connectivity index (χ3n) is 4.09. The molecular formula is C18H22N6O3. The largest absolute Gasteiger partial charge is 0.371 e. The molecule has 1 aromatic heterocycles. The van der Waals surface area contributed by atoms with E-state index in [1.54, 1.807) is 4.90 Å². The van der Waals surface area contributed by atoms with Crippen molar-refractivity contribution in [3.63, 3.8) is 0 Å². The first-order valence-corrected chi connectivity index (χ1v) is 8.69. The van der Waals surface area contributed by atoms with Crippen molar-refractivity contribution in [2.45, 2.75) is 13.5 Å². The second kappa shape index (κ2) is 8.95. The Hall–Kier alpha value is -3.20. The molecule has 142 valence electrons. The number of carbonyl (C=O) groups excluding carboxylic acids is 2. The number of amides is 2. The molecule has 9 heteroatoms. The minimum Gasteiger partial charge on any atom is -0.371 e. The van der Waals surface area contributed by atoms with Gasteiger partial charge in [-0.1, -0.05) is 18.2 Å². The van der Waals surface area contributed by atoms with E-state index >= 15 is 0 Å². The van der Waals surface area contributed by atoms with Crippen LogP contribution in [0.3, 0.4) is 0 Å². The minimum atomic E-state index is -0.408. The third kappa shape index (κ3) is 5.38. The smallest absolute Gasteiger partial charge is 0.321 e. The Bertz CT molecular complexity index is 778. The average molecular weight is 370 g/mol. The number of hydroxylamine groups is 1. The summed E-state index contributed by atoms with van der Waals surface area (Å²) in [4.78, 5) is 40.2. The molecule has 27 heavy (non-hydrogen) atoms. The highest BCUT2D eigenvalue weighted by Gasteiger charge is 2.22. The molecule has 2 amide bonds. The Morgan fingerprint density at radius 3 is 2.56 bits per heavy atom. The summed E-state index contributed by atoms with van der Waals surface area (Å²) < 4.78 is 0. The first-order valence-electron chi connectivity index (χ1n) is 8.69. The Morgan fingerprint density at radius 2 is 1.85 bits per heavy atom. The fourth-order valence-corrected chi connectivity index (χ4v) is 2.73. The molecule has 3 rings (SSSR count). The number of anilines is 2. The maximum absolute atomic E-state index is 12.4. The van der Waals surface area contributed by atoms with Gasteiger partial charge in [0.2, 0.25) is 0 Å². The van der Waals surface area contributed by atoms with Gasteiger partial charge in [0.25, 0.3) is 0 Å². The van der Waals surface area contributed by atoms with Gasteiger partial charge in [0, 0.05) is 44.9 Å². The van der Waals surface area contributed by atoms with Crippen molar-refractivity contribution in [1.29, 1.82) is 0 Å². The van der Waals surface area contributed by atoms with Crippen molar-refractivity contribution in [3.8, 4) is 0 Å². The number of nitrogens with one attached hydrogen (secondary N) is 2. The van der Waals surface area contributed by atoms with Crippen molar-refractivity contribution in [1.82, 2.24) is 20.3 Å². The number of piperazine rings is 1. The standard InChI is InChI=1S/C18H22N6O3/c1-14(25)27-21-12-16-11-17(20-13-19-16)23-7-9-24(10-8-23)18(26)22-15-5-3-2-4-6-15/h2-6,11,13,21H,7-10,12H2,1H3,(H,22,26). The van der Waals surface area contributed by atoms with Gasteiger partial charge in [0.05, 0.1) is 12.2 Å². The number of urea groups is 1. The number of hydrogen-bond donors (Lipinski definition) is 2. The lowest BCUT2D eigenvalue weighted by Crippen LogP contribution is -2.50. The molecule has 0 radical (unpaired) electrons. The Labute approximate surface area is 157 Å². The van der Waals surface area contributed by atoms with Crippen molar-refractivity contribution >= 4 is 23.5 Å². The van der Waals surface area contributed by atoms with Crippen LogP contribution in [0.25, 0.3) is 0 Å². The summed E-state index contributed by atoms with van der Waals surface area (Å²) in [5, 5.41) is 2.90. The molecule has 1 aromatic carbocycles. The first-order chi connectivity index (χ1) is 13.1. The lowest BCUT2D eigenvalue weighted by Gasteiger charge is -2.35. The summed E-state index contributed by atoms with van der Waals surface area (Å²) in [6.07, 6.45) is 1.48. The molecule has 0 atom stereocenters. The summed E-state index contributed by atoms with van der Waals surface area (Å²) in [6, 6.07) is 11.1. The molecule has 1 aliphatic heterocycles. The number of nitrogens with zero attached hydrogens (tertiary/aromatic N) is 4. The number of hydrogen-bond acceptors (Lipinski definition) is 7. The van der Waals surface area contributed by atoms with Gasteiger partial charge in [0.1, 0.15) is 12.1 Å². The molecule has 0 unspecified atom stereocenters. The summed E-state index contributed by atoms with van der Waals surface area (Å²) in [5.41, 5.74) is 4.05. The fourth-order valence-electron chi connectivity index (χ4n) is 2.73. The molecule has 2 heterocycles. The zero-order chi connectivity index (χ0) is 19.1. The van der Waals surface area contributed by atoms with Crippen LogP contribution in [-0.4, -0.2) is 53.0 Å². The molecule has 0 aliphatic carbocycles. The molecule has 1 fully saturated rings. The van der Waals surface area contributed by atoms with Gasteiger partial charge in [-0.3, -0.25) is 4.79 Å². The highest BCUT2D eigenvalue weighted by molar-refractivity contribution is 5.89. The highest BCUT2D eigenvalue weighted by Crippen LogP contribution is 2.15. The molecule has 0 bridgehead atoms. The van der Waals surface area contributed by atoms with Gasteiger partial charge in [-0.2, -0.15) is 0 Å². The number of para-hydroxylation sites is 1. The normalized spacial score (nSPS) is 14.0. The molecule has 2 aromatic rings. The van der Waals surface area contributed by atoms with Crippen LogP contribution in [0.4, 0.5) is 16.3 Å². The number of rotatable bonds is 5. The van der Waals surface area contributed by atoms with Gasteiger partial charge in [-0.05, 0) is 12.1 Å². The van der Waals surface area contributed by atoms with Gasteiger partial charge in [-0.15, -0.1) is 5.48 Å². The van der Waals surface area contributed by atoms with Gasteiger partial charge < -0.3 is 20.0 Å². The van der Waals surface area contributed by atoms with E-state index in [-0.39, 0.29) is 6.03 Å². The van der Waals surface area contributed by atoms with Crippen molar-refractivity contribution in [2.24, 2.45) is 0 Å². The lowest BCUT2D eigenvalue weighted by molar-refractivity contribution is -0.148. The number of benzene rings is 1. The molecule has 0 saturated carbocycles. The Morgan fingerprint density at radius 1 is 1.11 bits per heavy atom. The zero-order valence-corrected chi connectivity index (χ0v) is 15.1. The average Bonchev–Trinajstić information content (AvgIpc) is 2.69. The Balaban J connectivity index is 1.51. The zero-order valence-electron chi connectivity index (χ0n) is 15.1. The van der Waals surface area contributed by atoms with Crippen molar-refractivity contribution in [3.05, 3.63) is 48.4 Å². The van der Waals surface area contributed by atoms with E-state index < -0.39 is 5.97 Å². The van der Waals surface area contributed by atoms with Crippen LogP contribution in [0, 0.1) is 0 Å². The predicted molar refractivity (Wildman–Crippen MR) is 99.9 cm³/mol. The summed E-state index contributed by atoms with van der Waals surface area (Å²) in [7, 11) is 0. The second-order valence-corrected chi connectivity index (χ2v) is 6.05. The minimum absolute atomic E-state index is 0.102. The third-order valence-corrected chi connectivity index (χ3v) is 4.09. The van der Waals surface area contributed by atoms with Crippen LogP contribution in [0.1, 0.15) is 12.6 Å². The second-order valence-electron chi connectivity index (χ2n) is 6.05. The summed E-state index contributed by atoms with van der Waals surface area (Å²) in [5.74, 6) is 0.377. The van der Waals surface area contributed by atoms with Crippen LogP contribution < -0.4 is 15.7 Å². The molecule has 2 N–H and O–H groups in total. The van der Waals surface area contributed by atoms with Crippen LogP contribution in [0.15, 0.2) is 42.7 Å². The van der Waals surface area contributed by atoms with E-state index in [1.807, 2.05) is 36.4 Å². The van der Waals surface area contributed by atoms with E-state index in [1.165, 1.54) is 13.3 Å². The van der Waals surface area contributed by atoms with Crippen LogP contribution in [0.5, 0.6) is 0 Å². The first kappa shape index (κ1) is 18.6. The van der Waals surface area contributed by atoms with Gasteiger partial charge in [0.15, 0.2) is 0 Å². The van der Waals surface area contributed by atoms with Gasteiger partial charge >= 0.3 is 12.0 Å². The van der Waals surface area contributed by atoms with Crippen molar-refractivity contribution < 1.29 is 14.4 Å². The summed E-state index contributed by atoms with van der Waals surface area (Å²) in [6.45, 7) is 4.18. The predicted octanol–water partition coefficient (Wildman–Crippen LogP) is 1.40. The maximum atomic E-state index is 12.4. The fraction of sp³-hybridized carbons (Fsp3) is 0.333. The van der Waals surface area contributed by atoms with E-state index in [0.29, 0.717) is 38.4 Å². The number of carbonyl (C=O) groups is 2. The Kier molecular flexibility index (Phi) is 6.16. The highest BCUT2D eigenvalue weighted by atomic mass is 16.7. The maximum Gasteiger partial charge on any atom is 0.321 e. The molecule has 1 saturated heterocycles. The van der Waals surface area contributed by atoms with E-state index in [2.05, 4.69) is 25.7 Å². The van der Waals surface area contributed by atoms with E-state index in [0.717, 1.165) is 11.5 Å². The quantitative estimate of drug-likeness (QED) is 0.768. The molecule has 9 nitrogen and oxygen atoms in total. The SMILES string of the molecule is CC(=O)ONCc1cc(N2CCN(C(=O)Nc3ccccc3)CC2)ncn1.